The summed E-state index contributed by atoms with van der Waals surface area (Å²) in [5.74, 6) is 0.938. The van der Waals surface area contributed by atoms with Crippen LogP contribution in [0.1, 0.15) is 24.5 Å². The third-order valence-electron chi connectivity index (χ3n) is 1.94. The number of hydrogen-bond donors (Lipinski definition) is 1. The van der Waals surface area contributed by atoms with Crippen LogP contribution in [0.4, 0.5) is 5.69 Å². The fourth-order valence-corrected chi connectivity index (χ4v) is 1.23. The van der Waals surface area contributed by atoms with Crippen molar-refractivity contribution in [2.75, 3.05) is 11.2 Å². The van der Waals surface area contributed by atoms with Gasteiger partial charge in [0.2, 0.25) is 5.91 Å². The van der Waals surface area contributed by atoms with Crippen LogP contribution in [0.15, 0.2) is 10.7 Å². The molecule has 1 aliphatic rings. The number of nitrogens with one attached hydrogen (secondary N) is 1. The highest BCUT2D eigenvalue weighted by Gasteiger charge is 2.30. The van der Waals surface area contributed by atoms with Gasteiger partial charge in [-0.15, -0.1) is 11.6 Å². The van der Waals surface area contributed by atoms with E-state index in [9.17, 15) is 4.79 Å². The summed E-state index contributed by atoms with van der Waals surface area (Å²) in [4.78, 5) is 11.0. The van der Waals surface area contributed by atoms with E-state index in [-0.39, 0.29) is 11.8 Å². The molecule has 4 nitrogen and oxygen atoms in total. The average Bonchev–Trinajstić information content (AvgIpc) is 2.88. The van der Waals surface area contributed by atoms with E-state index < -0.39 is 0 Å². The van der Waals surface area contributed by atoms with Crippen LogP contribution in [0, 0.1) is 0 Å². The van der Waals surface area contributed by atoms with Crippen LogP contribution in [0.25, 0.3) is 0 Å². The fourth-order valence-electron chi connectivity index (χ4n) is 1.17. The molecule has 1 amide bonds. The molecule has 0 bridgehead atoms. The second kappa shape index (κ2) is 3.38. The van der Waals surface area contributed by atoms with E-state index in [0.717, 1.165) is 18.6 Å². The van der Waals surface area contributed by atoms with E-state index in [2.05, 4.69) is 10.5 Å². The third-order valence-corrected chi connectivity index (χ3v) is 2.18. The number of rotatable bonds is 3. The Bertz CT molecular complexity index is 320. The van der Waals surface area contributed by atoms with Gasteiger partial charge in [0.15, 0.2) is 5.76 Å². The summed E-state index contributed by atoms with van der Waals surface area (Å²) in [7, 11) is 0. The molecule has 5 heteroatoms. The first-order valence-electron chi connectivity index (χ1n) is 4.11. The molecule has 0 saturated heterocycles. The SMILES string of the molecule is O=C(CCl)Nc1cnoc1C1CC1. The van der Waals surface area contributed by atoms with Gasteiger partial charge in [-0.1, -0.05) is 5.16 Å². The molecule has 1 heterocycles. The zero-order valence-electron chi connectivity index (χ0n) is 6.92. The summed E-state index contributed by atoms with van der Waals surface area (Å²) in [6.45, 7) is 0. The Morgan fingerprint density at radius 1 is 1.77 bits per heavy atom. The van der Waals surface area contributed by atoms with Crippen LogP contribution in [-0.2, 0) is 4.79 Å². The molecule has 70 valence electrons. The second-order valence-electron chi connectivity index (χ2n) is 3.06. The summed E-state index contributed by atoms with van der Waals surface area (Å²) in [5.41, 5.74) is 0.660. The Labute approximate surface area is 80.2 Å². The molecular formula is C8H9ClN2O2. The lowest BCUT2D eigenvalue weighted by Crippen LogP contribution is -2.12. The minimum absolute atomic E-state index is 0.0463. The number of nitrogens with zero attached hydrogens (tertiary/aromatic N) is 1. The molecular weight excluding hydrogens is 192 g/mol. The summed E-state index contributed by atoms with van der Waals surface area (Å²) in [6.07, 6.45) is 3.73. The maximum absolute atomic E-state index is 11.0. The van der Waals surface area contributed by atoms with Crippen molar-refractivity contribution < 1.29 is 9.32 Å². The topological polar surface area (TPSA) is 55.1 Å². The molecule has 0 aromatic carbocycles. The molecule has 13 heavy (non-hydrogen) atoms. The van der Waals surface area contributed by atoms with E-state index in [0.29, 0.717) is 11.6 Å². The van der Waals surface area contributed by atoms with E-state index in [1.165, 1.54) is 6.20 Å². The van der Waals surface area contributed by atoms with Gasteiger partial charge >= 0.3 is 0 Å². The first-order valence-corrected chi connectivity index (χ1v) is 4.65. The van der Waals surface area contributed by atoms with Gasteiger partial charge in [0.25, 0.3) is 0 Å². The van der Waals surface area contributed by atoms with Crippen LogP contribution in [-0.4, -0.2) is 16.9 Å². The van der Waals surface area contributed by atoms with Gasteiger partial charge in [-0.2, -0.15) is 0 Å². The highest BCUT2D eigenvalue weighted by Crippen LogP contribution is 2.43. The predicted octanol–water partition coefficient (Wildman–Crippen LogP) is 1.73. The van der Waals surface area contributed by atoms with Crippen molar-refractivity contribution in [3.05, 3.63) is 12.0 Å². The molecule has 0 spiro atoms. The number of alkyl halides is 1. The number of carbonyl (C=O) groups excluding carboxylic acids is 1. The van der Waals surface area contributed by atoms with Gasteiger partial charge in [-0.05, 0) is 12.8 Å². The maximum Gasteiger partial charge on any atom is 0.239 e. The summed E-state index contributed by atoms with van der Waals surface area (Å²) >= 11 is 5.35. The van der Waals surface area contributed by atoms with Gasteiger partial charge < -0.3 is 9.84 Å². The van der Waals surface area contributed by atoms with Crippen molar-refractivity contribution in [2.24, 2.45) is 0 Å². The minimum atomic E-state index is -0.230. The van der Waals surface area contributed by atoms with Crippen LogP contribution in [0.2, 0.25) is 0 Å². The Hall–Kier alpha value is -1.03. The van der Waals surface area contributed by atoms with Crippen LogP contribution < -0.4 is 5.32 Å². The molecule has 2 rings (SSSR count). The number of anilines is 1. The number of aromatic nitrogens is 1. The fraction of sp³-hybridized carbons (Fsp3) is 0.500. The molecule has 1 aromatic rings. The summed E-state index contributed by atoms with van der Waals surface area (Å²) in [5, 5.41) is 6.27. The minimum Gasteiger partial charge on any atom is -0.359 e. The molecule has 1 aliphatic carbocycles. The first-order chi connectivity index (χ1) is 6.31. The third kappa shape index (κ3) is 1.83. The van der Waals surface area contributed by atoms with Crippen molar-refractivity contribution in [1.82, 2.24) is 5.16 Å². The Kier molecular flexibility index (Phi) is 2.22. The average molecular weight is 201 g/mol. The van der Waals surface area contributed by atoms with Crippen LogP contribution >= 0.6 is 11.6 Å². The van der Waals surface area contributed by atoms with Gasteiger partial charge in [0, 0.05) is 5.92 Å². The van der Waals surface area contributed by atoms with Gasteiger partial charge in [0.05, 0.1) is 6.20 Å². The molecule has 0 aliphatic heterocycles. The Balaban J connectivity index is 2.10. The highest BCUT2D eigenvalue weighted by atomic mass is 35.5. The normalized spacial score (nSPS) is 15.8. The monoisotopic (exact) mass is 200 g/mol. The summed E-state index contributed by atoms with van der Waals surface area (Å²) < 4.78 is 5.03. The lowest BCUT2D eigenvalue weighted by Gasteiger charge is -1.99. The van der Waals surface area contributed by atoms with Crippen LogP contribution in [0.3, 0.4) is 0 Å². The summed E-state index contributed by atoms with van der Waals surface area (Å²) in [6, 6.07) is 0. The van der Waals surface area contributed by atoms with E-state index in [4.69, 9.17) is 16.1 Å². The zero-order valence-corrected chi connectivity index (χ0v) is 7.67. The predicted molar refractivity (Wildman–Crippen MR) is 47.8 cm³/mol. The first kappa shape index (κ1) is 8.56. The van der Waals surface area contributed by atoms with E-state index >= 15 is 0 Å². The van der Waals surface area contributed by atoms with Crippen molar-refractivity contribution >= 4 is 23.2 Å². The molecule has 1 aromatic heterocycles. The molecule has 0 atom stereocenters. The molecule has 0 radical (unpaired) electrons. The molecule has 0 unspecified atom stereocenters. The lowest BCUT2D eigenvalue weighted by atomic mass is 10.3. The zero-order chi connectivity index (χ0) is 9.26. The Morgan fingerprint density at radius 3 is 3.15 bits per heavy atom. The van der Waals surface area contributed by atoms with Crippen LogP contribution in [0.5, 0.6) is 0 Å². The van der Waals surface area contributed by atoms with E-state index in [1.54, 1.807) is 0 Å². The van der Waals surface area contributed by atoms with Crippen molar-refractivity contribution in [2.45, 2.75) is 18.8 Å². The number of hydrogen-bond acceptors (Lipinski definition) is 3. The molecule has 1 N–H and O–H groups in total. The van der Waals surface area contributed by atoms with Crippen molar-refractivity contribution in [1.29, 1.82) is 0 Å². The van der Waals surface area contributed by atoms with Crippen molar-refractivity contribution in [3.8, 4) is 0 Å². The lowest BCUT2D eigenvalue weighted by molar-refractivity contribution is -0.113. The standard InChI is InChI=1S/C8H9ClN2O2/c9-3-7(12)11-6-4-10-13-8(6)5-1-2-5/h4-5H,1-3H2,(H,11,12). The number of amides is 1. The molecule has 1 saturated carbocycles. The number of halogens is 1. The van der Waals surface area contributed by atoms with Gasteiger partial charge in [0.1, 0.15) is 11.6 Å². The quantitative estimate of drug-likeness (QED) is 0.756. The van der Waals surface area contributed by atoms with E-state index in [1.807, 2.05) is 0 Å². The molecule has 1 fully saturated rings. The second-order valence-corrected chi connectivity index (χ2v) is 3.33. The van der Waals surface area contributed by atoms with Gasteiger partial charge in [-0.25, -0.2) is 0 Å². The highest BCUT2D eigenvalue weighted by molar-refractivity contribution is 6.29. The van der Waals surface area contributed by atoms with Crippen molar-refractivity contribution in [3.63, 3.8) is 0 Å². The smallest absolute Gasteiger partial charge is 0.239 e. The largest absolute Gasteiger partial charge is 0.359 e. The Morgan fingerprint density at radius 2 is 2.54 bits per heavy atom. The number of carbonyl (C=O) groups is 1. The van der Waals surface area contributed by atoms with Gasteiger partial charge in [-0.3, -0.25) is 4.79 Å². The maximum atomic E-state index is 11.0.